The van der Waals surface area contributed by atoms with Gasteiger partial charge in [0.25, 0.3) is 5.69 Å². The molecule has 0 bridgehead atoms. The van der Waals surface area contributed by atoms with E-state index in [2.05, 4.69) is 5.32 Å². The fourth-order valence-electron chi connectivity index (χ4n) is 2.00. The van der Waals surface area contributed by atoms with Crippen molar-refractivity contribution in [2.24, 2.45) is 5.92 Å². The predicted molar refractivity (Wildman–Crippen MR) is 63.7 cm³/mol. The van der Waals surface area contributed by atoms with Crippen molar-refractivity contribution in [3.05, 3.63) is 33.9 Å². The van der Waals surface area contributed by atoms with Crippen LogP contribution >= 0.6 is 0 Å². The van der Waals surface area contributed by atoms with Crippen LogP contribution < -0.4 is 5.32 Å². The predicted octanol–water partition coefficient (Wildman–Crippen LogP) is 3.12. The van der Waals surface area contributed by atoms with Crippen LogP contribution in [0.1, 0.15) is 24.8 Å². The molecule has 0 atom stereocenters. The zero-order valence-corrected chi connectivity index (χ0v) is 9.40. The summed E-state index contributed by atoms with van der Waals surface area (Å²) >= 11 is 0. The van der Waals surface area contributed by atoms with Crippen molar-refractivity contribution in [2.45, 2.75) is 26.2 Å². The highest BCUT2D eigenvalue weighted by Gasteiger charge is 2.20. The second-order valence-electron chi connectivity index (χ2n) is 4.41. The molecular weight excluding hydrogens is 204 g/mol. The van der Waals surface area contributed by atoms with Crippen molar-refractivity contribution in [1.29, 1.82) is 0 Å². The Kier molecular flexibility index (Phi) is 3.08. The standard InChI is InChI=1S/C12H16N2O2/c1-9-4-2-7-11(12(9)14(15)16)13-8-10-5-3-6-10/h2,4,7,10,13H,3,5-6,8H2,1H3. The number of hydrogen-bond acceptors (Lipinski definition) is 3. The minimum Gasteiger partial charge on any atom is -0.379 e. The van der Waals surface area contributed by atoms with Gasteiger partial charge in [0.15, 0.2) is 0 Å². The van der Waals surface area contributed by atoms with Gasteiger partial charge >= 0.3 is 0 Å². The lowest BCUT2D eigenvalue weighted by Crippen LogP contribution is -2.21. The number of hydrogen-bond donors (Lipinski definition) is 1. The Morgan fingerprint density at radius 1 is 1.50 bits per heavy atom. The largest absolute Gasteiger partial charge is 0.379 e. The van der Waals surface area contributed by atoms with E-state index in [9.17, 15) is 10.1 Å². The summed E-state index contributed by atoms with van der Waals surface area (Å²) in [7, 11) is 0. The van der Waals surface area contributed by atoms with Gasteiger partial charge < -0.3 is 5.32 Å². The molecule has 4 nitrogen and oxygen atoms in total. The molecule has 0 radical (unpaired) electrons. The lowest BCUT2D eigenvalue weighted by atomic mass is 9.85. The zero-order valence-electron chi connectivity index (χ0n) is 9.40. The number of anilines is 1. The van der Waals surface area contributed by atoms with Gasteiger partial charge in [-0.2, -0.15) is 0 Å². The van der Waals surface area contributed by atoms with Gasteiger partial charge in [0.2, 0.25) is 0 Å². The van der Waals surface area contributed by atoms with Crippen molar-refractivity contribution in [3.8, 4) is 0 Å². The van der Waals surface area contributed by atoms with Gasteiger partial charge in [-0.25, -0.2) is 0 Å². The van der Waals surface area contributed by atoms with Crippen LogP contribution in [0.15, 0.2) is 18.2 Å². The second kappa shape index (κ2) is 4.51. The van der Waals surface area contributed by atoms with Crippen LogP contribution in [0.2, 0.25) is 0 Å². The highest BCUT2D eigenvalue weighted by molar-refractivity contribution is 5.64. The van der Waals surface area contributed by atoms with Crippen molar-refractivity contribution >= 4 is 11.4 Å². The van der Waals surface area contributed by atoms with E-state index >= 15 is 0 Å². The molecule has 1 fully saturated rings. The first-order valence-electron chi connectivity index (χ1n) is 5.66. The molecule has 0 unspecified atom stereocenters. The van der Waals surface area contributed by atoms with E-state index in [-0.39, 0.29) is 10.6 Å². The van der Waals surface area contributed by atoms with Crippen LogP contribution in [0.5, 0.6) is 0 Å². The van der Waals surface area contributed by atoms with Crippen LogP contribution in [-0.2, 0) is 0 Å². The number of nitro groups is 1. The fourth-order valence-corrected chi connectivity index (χ4v) is 2.00. The van der Waals surface area contributed by atoms with Crippen LogP contribution in [0.3, 0.4) is 0 Å². The number of rotatable bonds is 4. The monoisotopic (exact) mass is 220 g/mol. The number of aryl methyl sites for hydroxylation is 1. The molecule has 16 heavy (non-hydrogen) atoms. The summed E-state index contributed by atoms with van der Waals surface area (Å²) in [6, 6.07) is 5.40. The third-order valence-corrected chi connectivity index (χ3v) is 3.23. The van der Waals surface area contributed by atoms with Gasteiger partial charge in [0, 0.05) is 12.1 Å². The molecule has 4 heteroatoms. The van der Waals surface area contributed by atoms with E-state index in [0.29, 0.717) is 17.2 Å². The molecule has 1 aliphatic rings. The molecular formula is C12H16N2O2. The zero-order chi connectivity index (χ0) is 11.5. The van der Waals surface area contributed by atoms with Crippen molar-refractivity contribution in [1.82, 2.24) is 0 Å². The molecule has 0 aromatic heterocycles. The number of nitrogens with zero attached hydrogens (tertiary/aromatic N) is 1. The quantitative estimate of drug-likeness (QED) is 0.626. The van der Waals surface area contributed by atoms with Crippen molar-refractivity contribution in [2.75, 3.05) is 11.9 Å². The van der Waals surface area contributed by atoms with Gasteiger partial charge in [-0.15, -0.1) is 0 Å². The highest BCUT2D eigenvalue weighted by Crippen LogP contribution is 2.30. The smallest absolute Gasteiger partial charge is 0.295 e. The maximum absolute atomic E-state index is 10.9. The molecule has 1 N–H and O–H groups in total. The maximum Gasteiger partial charge on any atom is 0.295 e. The number of para-hydroxylation sites is 1. The average Bonchev–Trinajstić information content (AvgIpc) is 2.14. The van der Waals surface area contributed by atoms with E-state index in [1.807, 2.05) is 6.07 Å². The SMILES string of the molecule is Cc1cccc(NCC2CCC2)c1[N+](=O)[O-]. The maximum atomic E-state index is 10.9. The average molecular weight is 220 g/mol. The number of nitro benzene ring substituents is 1. The Morgan fingerprint density at radius 2 is 2.25 bits per heavy atom. The minimum atomic E-state index is -0.307. The van der Waals surface area contributed by atoms with Crippen LogP contribution in [0.25, 0.3) is 0 Å². The summed E-state index contributed by atoms with van der Waals surface area (Å²) in [5.74, 6) is 0.695. The Hall–Kier alpha value is -1.58. The molecule has 0 spiro atoms. The number of benzene rings is 1. The van der Waals surface area contributed by atoms with E-state index in [1.54, 1.807) is 19.1 Å². The third kappa shape index (κ3) is 2.15. The fraction of sp³-hybridized carbons (Fsp3) is 0.500. The molecule has 0 saturated heterocycles. The van der Waals surface area contributed by atoms with Crippen molar-refractivity contribution in [3.63, 3.8) is 0 Å². The summed E-state index contributed by atoms with van der Waals surface area (Å²) in [5.41, 5.74) is 1.57. The van der Waals surface area contributed by atoms with Crippen LogP contribution in [0.4, 0.5) is 11.4 Å². The molecule has 1 aliphatic carbocycles. The summed E-state index contributed by atoms with van der Waals surface area (Å²) in [4.78, 5) is 10.6. The minimum absolute atomic E-state index is 0.210. The second-order valence-corrected chi connectivity index (χ2v) is 4.41. The normalized spacial score (nSPS) is 15.6. The molecule has 1 saturated carbocycles. The first-order valence-corrected chi connectivity index (χ1v) is 5.66. The van der Waals surface area contributed by atoms with Gasteiger partial charge in [0.05, 0.1) is 4.92 Å². The first-order chi connectivity index (χ1) is 7.68. The first kappa shape index (κ1) is 10.9. The Labute approximate surface area is 94.8 Å². The lowest BCUT2D eigenvalue weighted by Gasteiger charge is -2.25. The Bertz CT molecular complexity index is 400. The van der Waals surface area contributed by atoms with Gasteiger partial charge in [-0.05, 0) is 31.7 Å². The molecule has 0 heterocycles. The van der Waals surface area contributed by atoms with E-state index in [1.165, 1.54) is 19.3 Å². The molecule has 86 valence electrons. The molecule has 0 aliphatic heterocycles. The van der Waals surface area contributed by atoms with E-state index in [0.717, 1.165) is 6.54 Å². The number of nitrogens with one attached hydrogen (secondary N) is 1. The third-order valence-electron chi connectivity index (χ3n) is 3.23. The van der Waals surface area contributed by atoms with E-state index in [4.69, 9.17) is 0 Å². The highest BCUT2D eigenvalue weighted by atomic mass is 16.6. The van der Waals surface area contributed by atoms with E-state index < -0.39 is 0 Å². The van der Waals surface area contributed by atoms with Crippen molar-refractivity contribution < 1.29 is 4.92 Å². The lowest BCUT2D eigenvalue weighted by molar-refractivity contribution is -0.384. The Morgan fingerprint density at radius 3 is 2.81 bits per heavy atom. The molecule has 1 aromatic carbocycles. The summed E-state index contributed by atoms with van der Waals surface area (Å²) in [5, 5.41) is 14.1. The Balaban J connectivity index is 2.12. The molecule has 1 aromatic rings. The summed E-state index contributed by atoms with van der Waals surface area (Å²) < 4.78 is 0. The summed E-state index contributed by atoms with van der Waals surface area (Å²) in [6.45, 7) is 2.62. The molecule has 0 amide bonds. The van der Waals surface area contributed by atoms with Gasteiger partial charge in [-0.3, -0.25) is 10.1 Å². The summed E-state index contributed by atoms with van der Waals surface area (Å²) in [6.07, 6.45) is 3.78. The van der Waals surface area contributed by atoms with Crippen LogP contribution in [0, 0.1) is 23.0 Å². The van der Waals surface area contributed by atoms with Gasteiger partial charge in [0.1, 0.15) is 5.69 Å². The van der Waals surface area contributed by atoms with Crippen LogP contribution in [-0.4, -0.2) is 11.5 Å². The molecule has 2 rings (SSSR count). The van der Waals surface area contributed by atoms with Gasteiger partial charge in [-0.1, -0.05) is 18.6 Å². The topological polar surface area (TPSA) is 55.2 Å².